The maximum Gasteiger partial charge on any atom is 0.223 e. The predicted octanol–water partition coefficient (Wildman–Crippen LogP) is 5.09. The van der Waals surface area contributed by atoms with E-state index in [9.17, 15) is 4.79 Å². The van der Waals surface area contributed by atoms with Gasteiger partial charge in [0.25, 0.3) is 0 Å². The molecule has 0 aromatic carbocycles. The van der Waals surface area contributed by atoms with Crippen molar-refractivity contribution in [3.63, 3.8) is 0 Å². The van der Waals surface area contributed by atoms with Gasteiger partial charge in [-0.3, -0.25) is 4.79 Å². The Hall–Kier alpha value is -1.17. The first kappa shape index (κ1) is 23.9. The molecule has 27 heavy (non-hydrogen) atoms. The van der Waals surface area contributed by atoms with Gasteiger partial charge in [-0.05, 0) is 37.9 Å². The number of hydrogen-bond donors (Lipinski definition) is 0. The molecule has 0 unspecified atom stereocenters. The minimum absolute atomic E-state index is 0.0703. The summed E-state index contributed by atoms with van der Waals surface area (Å²) < 4.78 is 12.5. The van der Waals surface area contributed by atoms with Crippen LogP contribution >= 0.6 is 0 Å². The minimum atomic E-state index is -2.06. The van der Waals surface area contributed by atoms with E-state index < -0.39 is 8.32 Å². The van der Waals surface area contributed by atoms with E-state index >= 15 is 0 Å². The Kier molecular flexibility index (Phi) is 8.71. The van der Waals surface area contributed by atoms with Crippen LogP contribution in [-0.2, 0) is 14.0 Å². The van der Waals surface area contributed by atoms with Crippen molar-refractivity contribution in [3.05, 3.63) is 37.0 Å². The number of ether oxygens (including phenoxy) is 1. The van der Waals surface area contributed by atoms with Crippen LogP contribution in [0.1, 0.15) is 47.0 Å². The zero-order valence-electron chi connectivity index (χ0n) is 18.4. The first-order chi connectivity index (χ1) is 12.5. The highest BCUT2D eigenvalue weighted by Gasteiger charge is 2.45. The number of allylic oxidation sites excluding steroid dienone is 1. The zero-order chi connectivity index (χ0) is 20.8. The molecule has 0 N–H and O–H groups in total. The molecular weight excluding hydrogens is 354 g/mol. The summed E-state index contributed by atoms with van der Waals surface area (Å²) in [7, 11) is -0.380. The van der Waals surface area contributed by atoms with Gasteiger partial charge in [-0.15, -0.1) is 13.2 Å². The molecule has 0 aromatic heterocycles. The summed E-state index contributed by atoms with van der Waals surface area (Å²) >= 11 is 0. The summed E-state index contributed by atoms with van der Waals surface area (Å²) in [4.78, 5) is 14.8. The van der Waals surface area contributed by atoms with Gasteiger partial charge in [0.1, 0.15) is 6.10 Å². The van der Waals surface area contributed by atoms with Crippen LogP contribution in [0.4, 0.5) is 0 Å². The number of nitrogens with zero attached hydrogens (tertiary/aromatic N) is 1. The Labute approximate surface area is 167 Å². The molecule has 154 valence electrons. The Balaban J connectivity index is 3.15. The third-order valence-corrected chi connectivity index (χ3v) is 10.2. The van der Waals surface area contributed by atoms with Crippen molar-refractivity contribution < 1.29 is 14.0 Å². The molecule has 0 spiro atoms. The lowest BCUT2D eigenvalue weighted by molar-refractivity contribution is -0.134. The van der Waals surface area contributed by atoms with E-state index in [-0.39, 0.29) is 29.2 Å². The lowest BCUT2D eigenvalue weighted by Gasteiger charge is -2.44. The molecule has 1 aliphatic heterocycles. The lowest BCUT2D eigenvalue weighted by Crippen LogP contribution is -2.55. The van der Waals surface area contributed by atoms with Crippen molar-refractivity contribution in [2.24, 2.45) is 0 Å². The van der Waals surface area contributed by atoms with Crippen molar-refractivity contribution >= 4 is 14.2 Å². The fourth-order valence-electron chi connectivity index (χ4n) is 3.09. The Morgan fingerprint density at radius 2 is 2.04 bits per heavy atom. The van der Waals surface area contributed by atoms with Crippen molar-refractivity contribution in [2.75, 3.05) is 13.7 Å². The maximum absolute atomic E-state index is 12.9. The number of hydrogen-bond acceptors (Lipinski definition) is 3. The number of unbranched alkanes of at least 4 members (excludes halogenated alkanes) is 1. The van der Waals surface area contributed by atoms with Crippen molar-refractivity contribution in [3.8, 4) is 0 Å². The van der Waals surface area contributed by atoms with E-state index in [0.717, 1.165) is 12.8 Å². The third-order valence-electron chi connectivity index (χ3n) is 5.76. The predicted molar refractivity (Wildman–Crippen MR) is 116 cm³/mol. The van der Waals surface area contributed by atoms with Gasteiger partial charge < -0.3 is 14.1 Å². The second kappa shape index (κ2) is 9.85. The lowest BCUT2D eigenvalue weighted by atomic mass is 10.0. The summed E-state index contributed by atoms with van der Waals surface area (Å²) in [6.45, 7) is 21.5. The number of carbonyl (C=O) groups excluding carboxylic acids is 1. The molecule has 0 aliphatic carbocycles. The van der Waals surface area contributed by atoms with Gasteiger partial charge in [0.2, 0.25) is 5.91 Å². The average molecular weight is 394 g/mol. The molecule has 5 heteroatoms. The normalized spacial score (nSPS) is 20.2. The molecule has 0 fully saturated rings. The van der Waals surface area contributed by atoms with E-state index in [0.29, 0.717) is 13.0 Å². The van der Waals surface area contributed by atoms with Crippen molar-refractivity contribution in [1.82, 2.24) is 4.90 Å². The molecule has 0 bridgehead atoms. The Bertz CT molecular complexity index is 562. The Morgan fingerprint density at radius 1 is 1.41 bits per heavy atom. The average Bonchev–Trinajstić information content (AvgIpc) is 2.95. The summed E-state index contributed by atoms with van der Waals surface area (Å²) in [5, 5.41) is 0.0703. The largest absolute Gasteiger partial charge is 0.408 e. The molecule has 4 nitrogen and oxygen atoms in total. The summed E-state index contributed by atoms with van der Waals surface area (Å²) in [6, 6.07) is -0.127. The molecule has 0 radical (unpaired) electrons. The molecule has 0 saturated carbocycles. The standard InChI is InChI=1S/C22H39NO3Si/c1-10-12-13-14-20(24)23-16-17(3)15-18(23)21(19(11-2)25-7)26-27(8,9)22(4,5)6/h10-11,15,18-19,21H,1-2,12-14,16H2,3-9H3/t18-,19+,21+/m1/s1. The van der Waals surface area contributed by atoms with Crippen LogP contribution in [0, 0.1) is 0 Å². The van der Waals surface area contributed by atoms with Crippen LogP contribution in [0.15, 0.2) is 37.0 Å². The molecule has 0 aromatic rings. The van der Waals surface area contributed by atoms with E-state index in [1.807, 2.05) is 11.0 Å². The van der Waals surface area contributed by atoms with Crippen molar-refractivity contribution in [1.29, 1.82) is 0 Å². The molecule has 0 saturated heterocycles. The van der Waals surface area contributed by atoms with E-state index in [2.05, 4.69) is 60.0 Å². The van der Waals surface area contributed by atoms with Gasteiger partial charge in [-0.25, -0.2) is 0 Å². The highest BCUT2D eigenvalue weighted by atomic mass is 28.4. The van der Waals surface area contributed by atoms with Gasteiger partial charge in [0, 0.05) is 20.1 Å². The van der Waals surface area contributed by atoms with Crippen LogP contribution in [0.5, 0.6) is 0 Å². The SMILES string of the molecule is C=CCCCC(=O)N1CC(C)=C[C@@H]1[C@H](O[Si](C)(C)C(C)(C)C)[C@H](C=C)OC. The van der Waals surface area contributed by atoms with Crippen LogP contribution in [0.3, 0.4) is 0 Å². The summed E-state index contributed by atoms with van der Waals surface area (Å²) in [6.07, 6.45) is 7.51. The van der Waals surface area contributed by atoms with Crippen LogP contribution < -0.4 is 0 Å². The first-order valence-electron chi connectivity index (χ1n) is 9.89. The molecule has 1 amide bonds. The number of rotatable bonds is 10. The topological polar surface area (TPSA) is 38.8 Å². The quantitative estimate of drug-likeness (QED) is 0.295. The smallest absolute Gasteiger partial charge is 0.223 e. The molecular formula is C22H39NO3Si. The van der Waals surface area contributed by atoms with E-state index in [1.165, 1.54) is 5.57 Å². The van der Waals surface area contributed by atoms with E-state index in [1.54, 1.807) is 13.2 Å². The highest BCUT2D eigenvalue weighted by Crippen LogP contribution is 2.39. The monoisotopic (exact) mass is 393 g/mol. The van der Waals surface area contributed by atoms with Gasteiger partial charge in [-0.2, -0.15) is 0 Å². The number of methoxy groups -OCH3 is 1. The number of amides is 1. The van der Waals surface area contributed by atoms with Gasteiger partial charge in [0.05, 0.1) is 12.1 Å². The molecule has 3 atom stereocenters. The van der Waals surface area contributed by atoms with Gasteiger partial charge >= 0.3 is 0 Å². The Morgan fingerprint density at radius 3 is 2.52 bits per heavy atom. The highest BCUT2D eigenvalue weighted by molar-refractivity contribution is 6.74. The summed E-state index contributed by atoms with van der Waals surface area (Å²) in [5.41, 5.74) is 1.19. The van der Waals surface area contributed by atoms with Crippen LogP contribution in [0.25, 0.3) is 0 Å². The fourth-order valence-corrected chi connectivity index (χ4v) is 4.40. The third kappa shape index (κ3) is 6.16. The molecule has 1 aliphatic rings. The van der Waals surface area contributed by atoms with Gasteiger partial charge in [0.15, 0.2) is 8.32 Å². The van der Waals surface area contributed by atoms with E-state index in [4.69, 9.17) is 9.16 Å². The number of carbonyl (C=O) groups is 1. The zero-order valence-corrected chi connectivity index (χ0v) is 19.4. The molecule has 1 heterocycles. The summed E-state index contributed by atoms with van der Waals surface area (Å²) in [5.74, 6) is 0.165. The van der Waals surface area contributed by atoms with Crippen molar-refractivity contribution in [2.45, 2.75) is 83.3 Å². The minimum Gasteiger partial charge on any atom is -0.408 e. The molecule has 1 rings (SSSR count). The maximum atomic E-state index is 12.9. The first-order valence-corrected chi connectivity index (χ1v) is 12.8. The van der Waals surface area contributed by atoms with Crippen LogP contribution in [0.2, 0.25) is 18.1 Å². The fraction of sp³-hybridized carbons (Fsp3) is 0.682. The second-order valence-corrected chi connectivity index (χ2v) is 13.7. The van der Waals surface area contributed by atoms with Gasteiger partial charge in [-0.1, -0.05) is 44.6 Å². The van der Waals surface area contributed by atoms with Crippen LogP contribution in [-0.4, -0.2) is 51.0 Å². The second-order valence-electron chi connectivity index (χ2n) is 8.98.